The minimum absolute atomic E-state index is 0.237. The first-order chi connectivity index (χ1) is 12.7. The Labute approximate surface area is 150 Å². The number of fused-ring (bicyclic) bond motifs is 1. The van der Waals surface area contributed by atoms with Crippen molar-refractivity contribution < 1.29 is 4.79 Å². The van der Waals surface area contributed by atoms with Crippen molar-refractivity contribution >= 4 is 22.8 Å². The van der Waals surface area contributed by atoms with Gasteiger partial charge < -0.3 is 5.32 Å². The van der Waals surface area contributed by atoms with Crippen LogP contribution in [-0.2, 0) is 0 Å². The minimum Gasteiger partial charge on any atom is -0.305 e. The van der Waals surface area contributed by atoms with Gasteiger partial charge in [-0.2, -0.15) is 0 Å². The van der Waals surface area contributed by atoms with E-state index in [1.807, 2.05) is 43.3 Å². The van der Waals surface area contributed by atoms with E-state index >= 15 is 0 Å². The molecular formula is C20H15N5O. The van der Waals surface area contributed by atoms with Gasteiger partial charge in [0.15, 0.2) is 5.82 Å². The average molecular weight is 341 g/mol. The highest BCUT2D eigenvalue weighted by Gasteiger charge is 2.12. The Morgan fingerprint density at radius 2 is 1.85 bits per heavy atom. The lowest BCUT2D eigenvalue weighted by atomic mass is 10.1. The maximum Gasteiger partial charge on any atom is 0.256 e. The van der Waals surface area contributed by atoms with Crippen LogP contribution in [0.1, 0.15) is 15.9 Å². The predicted octanol–water partition coefficient (Wildman–Crippen LogP) is 3.65. The zero-order valence-electron chi connectivity index (χ0n) is 14.0. The number of hydrogen-bond acceptors (Lipinski definition) is 5. The Morgan fingerprint density at radius 3 is 2.62 bits per heavy atom. The van der Waals surface area contributed by atoms with Crippen LogP contribution >= 0.6 is 0 Å². The molecular weight excluding hydrogens is 326 g/mol. The summed E-state index contributed by atoms with van der Waals surface area (Å²) in [5.41, 5.74) is 4.48. The molecule has 4 rings (SSSR count). The largest absolute Gasteiger partial charge is 0.305 e. The second kappa shape index (κ2) is 6.68. The lowest BCUT2D eigenvalue weighted by Crippen LogP contribution is -2.13. The van der Waals surface area contributed by atoms with E-state index in [4.69, 9.17) is 0 Å². The van der Waals surface area contributed by atoms with Crippen LogP contribution in [-0.4, -0.2) is 25.8 Å². The molecule has 126 valence electrons. The van der Waals surface area contributed by atoms with E-state index < -0.39 is 0 Å². The van der Waals surface area contributed by atoms with E-state index in [1.165, 1.54) is 6.33 Å². The fourth-order valence-electron chi connectivity index (χ4n) is 2.59. The summed E-state index contributed by atoms with van der Waals surface area (Å²) in [7, 11) is 0. The Bertz CT molecular complexity index is 1080. The molecule has 0 atom stereocenters. The normalized spacial score (nSPS) is 10.7. The number of carbonyl (C=O) groups is 1. The fraction of sp³-hybridized carbons (Fsp3) is 0.0500. The summed E-state index contributed by atoms with van der Waals surface area (Å²) in [4.78, 5) is 29.7. The average Bonchev–Trinajstić information content (AvgIpc) is 2.69. The number of aromatic nitrogens is 4. The molecule has 1 aromatic carbocycles. The highest BCUT2D eigenvalue weighted by atomic mass is 16.1. The van der Waals surface area contributed by atoms with Crippen LogP contribution in [0.4, 0.5) is 5.82 Å². The summed E-state index contributed by atoms with van der Waals surface area (Å²) >= 11 is 0. The van der Waals surface area contributed by atoms with E-state index in [9.17, 15) is 4.79 Å². The first kappa shape index (κ1) is 15.8. The number of aryl methyl sites for hydroxylation is 1. The molecule has 26 heavy (non-hydrogen) atoms. The molecule has 6 nitrogen and oxygen atoms in total. The predicted molar refractivity (Wildman–Crippen MR) is 99.7 cm³/mol. The molecule has 6 heteroatoms. The molecule has 4 aromatic rings. The van der Waals surface area contributed by atoms with Crippen molar-refractivity contribution in [2.24, 2.45) is 0 Å². The second-order valence-electron chi connectivity index (χ2n) is 5.85. The lowest BCUT2D eigenvalue weighted by molar-refractivity contribution is 0.102. The summed E-state index contributed by atoms with van der Waals surface area (Å²) in [5, 5.41) is 2.83. The molecule has 0 aliphatic rings. The Balaban J connectivity index is 1.72. The number of hydrogen-bond donors (Lipinski definition) is 1. The SMILES string of the molecule is Cc1ccc(C(=O)Nc2ncnc3ccc(-c4cccnc4)nc23)cc1. The van der Waals surface area contributed by atoms with Gasteiger partial charge >= 0.3 is 0 Å². The molecule has 0 aliphatic heterocycles. The van der Waals surface area contributed by atoms with Crippen LogP contribution in [0.15, 0.2) is 67.3 Å². The van der Waals surface area contributed by atoms with E-state index in [0.29, 0.717) is 22.4 Å². The second-order valence-corrected chi connectivity index (χ2v) is 5.85. The zero-order valence-corrected chi connectivity index (χ0v) is 14.0. The number of carbonyl (C=O) groups excluding carboxylic acids is 1. The molecule has 1 N–H and O–H groups in total. The Kier molecular flexibility index (Phi) is 4.07. The first-order valence-electron chi connectivity index (χ1n) is 8.11. The molecule has 0 bridgehead atoms. The van der Waals surface area contributed by atoms with Crippen molar-refractivity contribution in [1.29, 1.82) is 0 Å². The topological polar surface area (TPSA) is 80.7 Å². The monoisotopic (exact) mass is 341 g/mol. The molecule has 0 spiro atoms. The quantitative estimate of drug-likeness (QED) is 0.615. The van der Waals surface area contributed by atoms with Crippen LogP contribution in [0.3, 0.4) is 0 Å². The van der Waals surface area contributed by atoms with Crippen molar-refractivity contribution in [2.45, 2.75) is 6.92 Å². The number of amides is 1. The highest BCUT2D eigenvalue weighted by molar-refractivity contribution is 6.07. The maximum absolute atomic E-state index is 12.5. The van der Waals surface area contributed by atoms with Crippen molar-refractivity contribution in [3.8, 4) is 11.3 Å². The van der Waals surface area contributed by atoms with Gasteiger partial charge in [0, 0.05) is 23.5 Å². The van der Waals surface area contributed by atoms with Gasteiger partial charge in [0.2, 0.25) is 0 Å². The zero-order chi connectivity index (χ0) is 17.9. The summed E-state index contributed by atoms with van der Waals surface area (Å²) in [6.45, 7) is 1.98. The summed E-state index contributed by atoms with van der Waals surface area (Å²) in [6.07, 6.45) is 4.86. The molecule has 0 fully saturated rings. The van der Waals surface area contributed by atoms with Crippen molar-refractivity contribution in [3.05, 3.63) is 78.4 Å². The highest BCUT2D eigenvalue weighted by Crippen LogP contribution is 2.23. The van der Waals surface area contributed by atoms with Crippen LogP contribution in [0.2, 0.25) is 0 Å². The number of nitrogens with zero attached hydrogens (tertiary/aromatic N) is 4. The molecule has 3 heterocycles. The van der Waals surface area contributed by atoms with Gasteiger partial charge in [-0.25, -0.2) is 15.0 Å². The van der Waals surface area contributed by atoms with Gasteiger partial charge in [-0.3, -0.25) is 9.78 Å². The number of pyridine rings is 2. The first-order valence-corrected chi connectivity index (χ1v) is 8.11. The van der Waals surface area contributed by atoms with Gasteiger partial charge in [-0.05, 0) is 43.3 Å². The van der Waals surface area contributed by atoms with Crippen LogP contribution in [0.25, 0.3) is 22.3 Å². The maximum atomic E-state index is 12.5. The van der Waals surface area contributed by atoms with E-state index in [1.54, 1.807) is 24.5 Å². The number of anilines is 1. The minimum atomic E-state index is -0.237. The molecule has 0 aliphatic carbocycles. The number of rotatable bonds is 3. The number of benzene rings is 1. The molecule has 0 saturated carbocycles. The van der Waals surface area contributed by atoms with Crippen molar-refractivity contribution in [2.75, 3.05) is 5.32 Å². The molecule has 0 radical (unpaired) electrons. The Morgan fingerprint density at radius 1 is 1.00 bits per heavy atom. The third-order valence-corrected chi connectivity index (χ3v) is 3.98. The van der Waals surface area contributed by atoms with Crippen LogP contribution in [0.5, 0.6) is 0 Å². The molecule has 3 aromatic heterocycles. The third kappa shape index (κ3) is 3.12. The van der Waals surface area contributed by atoms with Gasteiger partial charge in [0.1, 0.15) is 11.8 Å². The van der Waals surface area contributed by atoms with Crippen LogP contribution < -0.4 is 5.32 Å². The summed E-state index contributed by atoms with van der Waals surface area (Å²) in [6, 6.07) is 14.9. The van der Waals surface area contributed by atoms with Crippen LogP contribution in [0, 0.1) is 6.92 Å². The third-order valence-electron chi connectivity index (χ3n) is 3.98. The van der Waals surface area contributed by atoms with E-state index in [2.05, 4.69) is 25.3 Å². The van der Waals surface area contributed by atoms with Gasteiger partial charge in [0.05, 0.1) is 11.2 Å². The molecule has 0 saturated heterocycles. The smallest absolute Gasteiger partial charge is 0.256 e. The van der Waals surface area contributed by atoms with Gasteiger partial charge in [0.25, 0.3) is 5.91 Å². The lowest BCUT2D eigenvalue weighted by Gasteiger charge is -2.08. The number of nitrogens with one attached hydrogen (secondary N) is 1. The summed E-state index contributed by atoms with van der Waals surface area (Å²) in [5.74, 6) is 0.143. The van der Waals surface area contributed by atoms with E-state index in [-0.39, 0.29) is 5.91 Å². The van der Waals surface area contributed by atoms with E-state index in [0.717, 1.165) is 16.8 Å². The standard InChI is InChI=1S/C20H15N5O/c1-13-4-6-14(7-5-13)20(26)25-19-18-17(22-12-23-19)9-8-16(24-18)15-3-2-10-21-11-15/h2-12H,1H3,(H,22,23,25,26). The van der Waals surface area contributed by atoms with Gasteiger partial charge in [-0.1, -0.05) is 17.7 Å². The molecule has 0 unspecified atom stereocenters. The fourth-order valence-corrected chi connectivity index (χ4v) is 2.59. The molecule has 1 amide bonds. The Hall–Kier alpha value is -3.67. The van der Waals surface area contributed by atoms with Crippen molar-refractivity contribution in [3.63, 3.8) is 0 Å². The van der Waals surface area contributed by atoms with Crippen molar-refractivity contribution in [1.82, 2.24) is 19.9 Å². The summed E-state index contributed by atoms with van der Waals surface area (Å²) < 4.78 is 0. The van der Waals surface area contributed by atoms with Gasteiger partial charge in [-0.15, -0.1) is 0 Å².